The van der Waals surface area contributed by atoms with Crippen molar-refractivity contribution in [3.8, 4) is 0 Å². The lowest BCUT2D eigenvalue weighted by atomic mass is 10.1. The molecule has 0 radical (unpaired) electrons. The molecule has 0 N–H and O–H groups in total. The molecule has 0 fully saturated rings. The molecule has 0 aliphatic heterocycles. The monoisotopic (exact) mass is 235 g/mol. The summed E-state index contributed by atoms with van der Waals surface area (Å²) in [5.74, 6) is 0. The third kappa shape index (κ3) is 5.71. The molecule has 16 heavy (non-hydrogen) atoms. The van der Waals surface area contributed by atoms with Gasteiger partial charge >= 0.3 is 0 Å². The number of rotatable bonds is 7. The third-order valence-corrected chi connectivity index (χ3v) is 3.03. The number of carbonyl (C=O) groups excluding carboxylic acids is 1. The van der Waals surface area contributed by atoms with Crippen molar-refractivity contribution in [2.24, 2.45) is 0 Å². The van der Waals surface area contributed by atoms with Crippen LogP contribution < -0.4 is 0 Å². The Morgan fingerprint density at radius 2 is 2.25 bits per heavy atom. The fourth-order valence-electron chi connectivity index (χ4n) is 1.31. The smallest absolute Gasteiger partial charge is 0.195 e. The average molecular weight is 235 g/mol. The van der Waals surface area contributed by atoms with Crippen LogP contribution in [0.3, 0.4) is 0 Å². The Balaban J connectivity index is 2.14. The summed E-state index contributed by atoms with van der Waals surface area (Å²) >= 11 is 1.24. The molecule has 0 saturated carbocycles. The van der Waals surface area contributed by atoms with Gasteiger partial charge in [-0.05, 0) is 43.2 Å². The predicted molar refractivity (Wildman–Crippen MR) is 68.4 cm³/mol. The molecular formula is C13H17NOS. The maximum Gasteiger partial charge on any atom is 0.195 e. The first-order valence-corrected chi connectivity index (χ1v) is 6.37. The van der Waals surface area contributed by atoms with Crippen LogP contribution in [0.2, 0.25) is 0 Å². The number of hydrogen-bond donors (Lipinski definition) is 0. The first kappa shape index (κ1) is 13.0. The lowest BCUT2D eigenvalue weighted by Crippen LogP contribution is -1.92. The molecule has 2 nitrogen and oxygen atoms in total. The number of allylic oxidation sites excluding steroid dienone is 1. The first-order valence-electron chi connectivity index (χ1n) is 5.55. The molecule has 0 unspecified atom stereocenters. The quantitative estimate of drug-likeness (QED) is 0.408. The van der Waals surface area contributed by atoms with E-state index in [2.05, 4.69) is 11.6 Å². The molecule has 86 valence electrons. The van der Waals surface area contributed by atoms with Gasteiger partial charge in [-0.3, -0.25) is 4.79 Å². The van der Waals surface area contributed by atoms with Gasteiger partial charge in [0.15, 0.2) is 5.12 Å². The van der Waals surface area contributed by atoms with Gasteiger partial charge in [-0.25, -0.2) is 4.98 Å². The summed E-state index contributed by atoms with van der Waals surface area (Å²) in [7, 11) is 0. The van der Waals surface area contributed by atoms with Gasteiger partial charge in [-0.15, -0.1) is 6.58 Å². The number of thioether (sulfide) groups is 1. The van der Waals surface area contributed by atoms with E-state index in [-0.39, 0.29) is 5.12 Å². The molecule has 1 aromatic heterocycles. The van der Waals surface area contributed by atoms with Crippen molar-refractivity contribution in [2.75, 3.05) is 0 Å². The van der Waals surface area contributed by atoms with Crippen molar-refractivity contribution >= 4 is 16.9 Å². The number of pyridine rings is 1. The topological polar surface area (TPSA) is 30.0 Å². The Labute approximate surface area is 101 Å². The maximum absolute atomic E-state index is 11.5. The second-order valence-electron chi connectivity index (χ2n) is 3.53. The highest BCUT2D eigenvalue weighted by molar-refractivity contribution is 8.13. The van der Waals surface area contributed by atoms with Crippen molar-refractivity contribution in [1.29, 1.82) is 0 Å². The van der Waals surface area contributed by atoms with E-state index in [1.807, 2.05) is 24.3 Å². The molecule has 0 aliphatic rings. The van der Waals surface area contributed by atoms with Crippen molar-refractivity contribution in [1.82, 2.24) is 4.98 Å². The summed E-state index contributed by atoms with van der Waals surface area (Å²) in [4.78, 5) is 15.7. The first-order chi connectivity index (χ1) is 7.83. The summed E-state index contributed by atoms with van der Waals surface area (Å²) in [6, 6.07) is 5.61. The van der Waals surface area contributed by atoms with Gasteiger partial charge < -0.3 is 0 Å². The standard InChI is InChI=1S/C13H17NOS/c1-2-3-4-5-6-10-13(15)16-12-9-7-8-11-14-12/h2,7-9,11H,1,3-6,10H2. The Morgan fingerprint density at radius 1 is 1.38 bits per heavy atom. The van der Waals surface area contributed by atoms with Crippen LogP contribution >= 0.6 is 11.8 Å². The van der Waals surface area contributed by atoms with Gasteiger partial charge in [-0.2, -0.15) is 0 Å². The fourth-order valence-corrected chi connectivity index (χ4v) is 2.05. The molecule has 0 aromatic carbocycles. The van der Waals surface area contributed by atoms with Gasteiger partial charge in [-0.1, -0.05) is 18.6 Å². The minimum absolute atomic E-state index is 0.206. The van der Waals surface area contributed by atoms with E-state index in [0.29, 0.717) is 6.42 Å². The molecule has 1 rings (SSSR count). The second-order valence-corrected chi connectivity index (χ2v) is 4.61. The largest absolute Gasteiger partial charge is 0.287 e. The van der Waals surface area contributed by atoms with Crippen LogP contribution in [0.15, 0.2) is 42.1 Å². The summed E-state index contributed by atoms with van der Waals surface area (Å²) in [6.07, 6.45) is 8.50. The lowest BCUT2D eigenvalue weighted by Gasteiger charge is -1.99. The molecule has 0 spiro atoms. The van der Waals surface area contributed by atoms with Gasteiger partial charge in [0.05, 0.1) is 0 Å². The predicted octanol–water partition coefficient (Wildman–Crippen LogP) is 3.84. The average Bonchev–Trinajstić information content (AvgIpc) is 2.30. The zero-order valence-corrected chi connectivity index (χ0v) is 10.2. The van der Waals surface area contributed by atoms with Crippen LogP contribution in [0, 0.1) is 0 Å². The summed E-state index contributed by atoms with van der Waals surface area (Å²) < 4.78 is 0. The minimum Gasteiger partial charge on any atom is -0.287 e. The van der Waals surface area contributed by atoms with E-state index in [1.165, 1.54) is 11.8 Å². The van der Waals surface area contributed by atoms with Crippen LogP contribution in [0.1, 0.15) is 32.1 Å². The Morgan fingerprint density at radius 3 is 2.94 bits per heavy atom. The number of hydrogen-bond acceptors (Lipinski definition) is 3. The number of aromatic nitrogens is 1. The lowest BCUT2D eigenvalue weighted by molar-refractivity contribution is -0.111. The molecule has 1 aromatic rings. The van der Waals surface area contributed by atoms with Crippen LogP contribution in [-0.4, -0.2) is 10.1 Å². The fraction of sp³-hybridized carbons (Fsp3) is 0.385. The van der Waals surface area contributed by atoms with E-state index in [4.69, 9.17) is 0 Å². The highest BCUT2D eigenvalue weighted by Crippen LogP contribution is 2.18. The van der Waals surface area contributed by atoms with Crippen LogP contribution in [0.25, 0.3) is 0 Å². The zero-order chi connectivity index (χ0) is 11.6. The SMILES string of the molecule is C=CCCCCCC(=O)Sc1ccccn1. The summed E-state index contributed by atoms with van der Waals surface area (Å²) in [5.41, 5.74) is 0. The van der Waals surface area contributed by atoms with Crippen LogP contribution in [0.5, 0.6) is 0 Å². The highest BCUT2D eigenvalue weighted by atomic mass is 32.2. The van der Waals surface area contributed by atoms with Gasteiger partial charge in [0.2, 0.25) is 0 Å². The second kappa shape index (κ2) is 8.11. The number of unbranched alkanes of at least 4 members (excludes halogenated alkanes) is 3. The van der Waals surface area contributed by atoms with E-state index < -0.39 is 0 Å². The summed E-state index contributed by atoms with van der Waals surface area (Å²) in [6.45, 7) is 3.67. The van der Waals surface area contributed by atoms with Gasteiger partial charge in [0.1, 0.15) is 5.03 Å². The molecule has 3 heteroatoms. The van der Waals surface area contributed by atoms with Gasteiger partial charge in [0.25, 0.3) is 0 Å². The van der Waals surface area contributed by atoms with E-state index in [0.717, 1.165) is 30.7 Å². The number of carbonyl (C=O) groups is 1. The molecule has 1 heterocycles. The molecule has 0 atom stereocenters. The van der Waals surface area contributed by atoms with Crippen molar-refractivity contribution in [2.45, 2.75) is 37.1 Å². The van der Waals surface area contributed by atoms with Crippen molar-refractivity contribution < 1.29 is 4.79 Å². The molecule has 0 saturated heterocycles. The zero-order valence-electron chi connectivity index (χ0n) is 9.39. The molecular weight excluding hydrogens is 218 g/mol. The minimum atomic E-state index is 0.206. The van der Waals surface area contributed by atoms with Crippen molar-refractivity contribution in [3.05, 3.63) is 37.1 Å². The van der Waals surface area contributed by atoms with Crippen LogP contribution in [0.4, 0.5) is 0 Å². The Kier molecular flexibility index (Phi) is 6.58. The van der Waals surface area contributed by atoms with Crippen LogP contribution in [-0.2, 0) is 4.79 Å². The van der Waals surface area contributed by atoms with E-state index >= 15 is 0 Å². The third-order valence-electron chi connectivity index (χ3n) is 2.15. The molecule has 0 bridgehead atoms. The Hall–Kier alpha value is -1.09. The number of nitrogens with zero attached hydrogens (tertiary/aromatic N) is 1. The molecule has 0 amide bonds. The summed E-state index contributed by atoms with van der Waals surface area (Å²) in [5, 5.41) is 0.996. The van der Waals surface area contributed by atoms with Crippen molar-refractivity contribution in [3.63, 3.8) is 0 Å². The Bertz CT molecular complexity index is 324. The van der Waals surface area contributed by atoms with Gasteiger partial charge in [0, 0.05) is 12.6 Å². The maximum atomic E-state index is 11.5. The normalized spacial score (nSPS) is 10.0. The highest BCUT2D eigenvalue weighted by Gasteiger charge is 2.04. The van der Waals surface area contributed by atoms with E-state index in [9.17, 15) is 4.79 Å². The van der Waals surface area contributed by atoms with E-state index in [1.54, 1.807) is 6.20 Å². The molecule has 0 aliphatic carbocycles.